The van der Waals surface area contributed by atoms with Gasteiger partial charge < -0.3 is 20.8 Å². The summed E-state index contributed by atoms with van der Waals surface area (Å²) >= 11 is 0. The fraction of sp³-hybridized carbons (Fsp3) is 0.407. The van der Waals surface area contributed by atoms with Gasteiger partial charge in [-0.1, -0.05) is 50.0 Å². The van der Waals surface area contributed by atoms with E-state index < -0.39 is 23.1 Å². The Labute approximate surface area is 214 Å². The Kier molecular flexibility index (Phi) is 9.10. The molecule has 0 fully saturated rings. The van der Waals surface area contributed by atoms with Crippen molar-refractivity contribution in [3.63, 3.8) is 0 Å². The highest BCUT2D eigenvalue weighted by molar-refractivity contribution is 6.47. The number of amides is 2. The number of aryl methyl sites for hydroxylation is 1. The van der Waals surface area contributed by atoms with Crippen molar-refractivity contribution in [2.75, 3.05) is 5.32 Å². The lowest BCUT2D eigenvalue weighted by atomic mass is 9.82. The minimum atomic E-state index is -1.11. The van der Waals surface area contributed by atoms with Crippen LogP contribution in [0.5, 0.6) is 0 Å². The van der Waals surface area contributed by atoms with Gasteiger partial charge in [0.05, 0.1) is 22.6 Å². The number of hydrogen-bond acceptors (Lipinski definition) is 5. The zero-order chi connectivity index (χ0) is 27.3. The predicted molar refractivity (Wildman–Crippen MR) is 145 cm³/mol. The Morgan fingerprint density at radius 3 is 2.22 bits per heavy atom. The number of nitrogens with zero attached hydrogens (tertiary/aromatic N) is 1. The smallest absolute Gasteiger partial charge is 0.331 e. The van der Waals surface area contributed by atoms with Gasteiger partial charge in [-0.15, -0.1) is 0 Å². The van der Waals surface area contributed by atoms with Gasteiger partial charge in [-0.05, 0) is 58.9 Å². The summed E-state index contributed by atoms with van der Waals surface area (Å²) < 4.78 is 20.4. The first-order valence-corrected chi connectivity index (χ1v) is 11.7. The number of amidine groups is 1. The zero-order valence-corrected chi connectivity index (χ0v) is 22.4. The summed E-state index contributed by atoms with van der Waals surface area (Å²) in [5.41, 5.74) is 6.52. The molecule has 0 unspecified atom stereocenters. The minimum Gasteiger partial charge on any atom is -0.427 e. The molecule has 36 heavy (non-hydrogen) atoms. The van der Waals surface area contributed by atoms with Gasteiger partial charge in [-0.2, -0.15) is 0 Å². The van der Waals surface area contributed by atoms with Crippen molar-refractivity contribution in [1.82, 2.24) is 5.32 Å². The number of nitrogens with two attached hydrogens (primary N) is 1. The van der Waals surface area contributed by atoms with Crippen molar-refractivity contribution < 1.29 is 18.9 Å². The molecule has 0 heterocycles. The number of benzene rings is 2. The van der Waals surface area contributed by atoms with Crippen LogP contribution in [0.2, 0.25) is 0 Å². The molecule has 2 rings (SSSR count). The van der Waals surface area contributed by atoms with Gasteiger partial charge in [0.25, 0.3) is 0 Å². The van der Waals surface area contributed by atoms with Crippen molar-refractivity contribution in [2.45, 2.75) is 66.6 Å². The van der Waals surface area contributed by atoms with Crippen molar-refractivity contribution in [2.24, 2.45) is 16.1 Å². The number of halogens is 1. The van der Waals surface area contributed by atoms with E-state index in [1.54, 1.807) is 39.8 Å². The molecule has 0 bridgehead atoms. The number of nitrogens with one attached hydrogen (secondary N) is 2. The summed E-state index contributed by atoms with van der Waals surface area (Å²) in [5, 5.41) is 15.4. The van der Waals surface area contributed by atoms with E-state index in [1.165, 1.54) is 19.6 Å². The van der Waals surface area contributed by atoms with Crippen LogP contribution in [0.1, 0.15) is 54.0 Å². The Hall–Kier alpha value is -3.17. The lowest BCUT2D eigenvalue weighted by molar-refractivity contribution is -0.0893. The third-order valence-corrected chi connectivity index (χ3v) is 5.89. The number of aliphatic hydroxyl groups is 1. The van der Waals surface area contributed by atoms with Crippen LogP contribution in [-0.2, 0) is 4.65 Å². The minimum absolute atomic E-state index is 0.0196. The number of rotatable bonds is 7. The average molecular weight is 495 g/mol. The van der Waals surface area contributed by atoms with E-state index in [2.05, 4.69) is 15.6 Å². The Morgan fingerprint density at radius 2 is 1.69 bits per heavy atom. The number of aliphatic imine (C=N–C) groups is 1. The molecule has 9 heteroatoms. The van der Waals surface area contributed by atoms with E-state index in [1.807, 2.05) is 52.0 Å². The topological polar surface area (TPSA) is 109 Å². The van der Waals surface area contributed by atoms with Crippen molar-refractivity contribution in [3.05, 3.63) is 65.6 Å². The van der Waals surface area contributed by atoms with E-state index in [9.17, 15) is 14.3 Å². The molecule has 2 aromatic carbocycles. The van der Waals surface area contributed by atoms with Gasteiger partial charge in [0.15, 0.2) is 0 Å². The van der Waals surface area contributed by atoms with Crippen LogP contribution < -0.4 is 21.8 Å². The van der Waals surface area contributed by atoms with Gasteiger partial charge in [-0.3, -0.25) is 5.32 Å². The van der Waals surface area contributed by atoms with E-state index in [-0.39, 0.29) is 16.9 Å². The summed E-state index contributed by atoms with van der Waals surface area (Å²) in [5.74, 6) is -0.429. The Morgan fingerprint density at radius 1 is 1.08 bits per heavy atom. The van der Waals surface area contributed by atoms with Crippen LogP contribution in [0.15, 0.2) is 59.2 Å². The van der Waals surface area contributed by atoms with Crippen LogP contribution in [-0.4, -0.2) is 35.7 Å². The molecular weight excluding hydrogens is 458 g/mol. The molecule has 0 aliphatic carbocycles. The second-order valence-electron chi connectivity index (χ2n) is 10.8. The average Bonchev–Trinajstić information content (AvgIpc) is 2.74. The molecule has 0 aliphatic rings. The van der Waals surface area contributed by atoms with E-state index in [4.69, 9.17) is 10.4 Å². The molecule has 0 aliphatic heterocycles. The van der Waals surface area contributed by atoms with E-state index in [0.717, 1.165) is 5.56 Å². The molecule has 0 saturated heterocycles. The highest BCUT2D eigenvalue weighted by Gasteiger charge is 2.35. The number of allylic oxidation sites excluding steroid dienone is 1. The summed E-state index contributed by atoms with van der Waals surface area (Å²) in [6.45, 7) is 14.5. The fourth-order valence-electron chi connectivity index (χ4n) is 2.55. The van der Waals surface area contributed by atoms with Crippen molar-refractivity contribution in [3.8, 4) is 0 Å². The van der Waals surface area contributed by atoms with Crippen molar-refractivity contribution in [1.29, 1.82) is 0 Å². The maximum absolute atomic E-state index is 14.7. The first kappa shape index (κ1) is 29.1. The quantitative estimate of drug-likeness (QED) is 0.254. The maximum atomic E-state index is 14.7. The standard InChI is InChI=1S/C27H37BFN4O3/c1-17-9-12-19(13-10-17)31-23(16-22(30)25(2,3)4)33-24(34)32-21-14-11-18(15-20(21)29)28-36-27(7,8)26(5,6)35/h9-16,35H,30H2,1-8H3,(H2,31,32,33,34)/b22-16-. The second-order valence-corrected chi connectivity index (χ2v) is 10.8. The zero-order valence-electron chi connectivity index (χ0n) is 22.4. The molecule has 5 N–H and O–H groups in total. The molecule has 0 aromatic heterocycles. The largest absolute Gasteiger partial charge is 0.427 e. The van der Waals surface area contributed by atoms with E-state index in [0.29, 0.717) is 16.8 Å². The van der Waals surface area contributed by atoms with Crippen molar-refractivity contribution >= 4 is 36.2 Å². The number of urea groups is 1. The normalized spacial score (nSPS) is 13.4. The fourth-order valence-corrected chi connectivity index (χ4v) is 2.55. The van der Waals surface area contributed by atoms with Crippen LogP contribution >= 0.6 is 0 Å². The monoisotopic (exact) mass is 495 g/mol. The van der Waals surface area contributed by atoms with Gasteiger partial charge in [-0.25, -0.2) is 14.2 Å². The Bertz CT molecular complexity index is 1130. The third-order valence-electron chi connectivity index (χ3n) is 5.89. The van der Waals surface area contributed by atoms with Gasteiger partial charge >= 0.3 is 13.5 Å². The molecule has 7 nitrogen and oxygen atoms in total. The van der Waals surface area contributed by atoms with Gasteiger partial charge in [0.1, 0.15) is 11.7 Å². The molecule has 0 saturated carbocycles. The SMILES string of the molecule is Cc1ccc(N=C(/C=C(\N)C(C)(C)C)NC(=O)Nc2ccc([B]OC(C)(C)C(C)(C)O)cc2F)cc1. The van der Waals surface area contributed by atoms with Crippen LogP contribution in [0.4, 0.5) is 20.6 Å². The lowest BCUT2D eigenvalue weighted by Crippen LogP contribution is -2.49. The molecule has 193 valence electrons. The summed E-state index contributed by atoms with van der Waals surface area (Å²) in [6, 6.07) is 11.1. The number of carbonyl (C=O) groups excluding carboxylic acids is 1. The third kappa shape index (κ3) is 8.50. The first-order valence-electron chi connectivity index (χ1n) is 11.7. The summed E-state index contributed by atoms with van der Waals surface area (Å²) in [6.07, 6.45) is 1.59. The van der Waals surface area contributed by atoms with Gasteiger partial charge in [0, 0.05) is 17.2 Å². The maximum Gasteiger partial charge on any atom is 0.331 e. The predicted octanol–water partition coefficient (Wildman–Crippen LogP) is 4.69. The first-order chi connectivity index (χ1) is 16.5. The summed E-state index contributed by atoms with van der Waals surface area (Å²) in [7, 11) is 1.37. The van der Waals surface area contributed by atoms with Crippen LogP contribution in [0, 0.1) is 18.2 Å². The Balaban J connectivity index is 2.18. The molecule has 1 radical (unpaired) electrons. The number of carbonyl (C=O) groups is 1. The number of anilines is 1. The number of hydrogen-bond donors (Lipinski definition) is 4. The highest BCUT2D eigenvalue weighted by atomic mass is 19.1. The van der Waals surface area contributed by atoms with Crippen LogP contribution in [0.25, 0.3) is 0 Å². The highest BCUT2D eigenvalue weighted by Crippen LogP contribution is 2.24. The molecule has 0 spiro atoms. The van der Waals surface area contributed by atoms with E-state index >= 15 is 0 Å². The second kappa shape index (κ2) is 11.3. The molecular formula is C27H37BFN4O3. The van der Waals surface area contributed by atoms with Crippen LogP contribution in [0.3, 0.4) is 0 Å². The van der Waals surface area contributed by atoms with Gasteiger partial charge in [0.2, 0.25) is 0 Å². The molecule has 2 amide bonds. The summed E-state index contributed by atoms with van der Waals surface area (Å²) in [4.78, 5) is 17.2. The lowest BCUT2D eigenvalue weighted by Gasteiger charge is -2.37. The molecule has 2 aromatic rings. The molecule has 0 atom stereocenters.